The molecule has 6 aliphatic rings. The number of rotatable bonds is 0. The molecule has 2 heterocycles. The molecule has 0 aromatic rings. The van der Waals surface area contributed by atoms with E-state index in [-0.39, 0.29) is 22.4 Å². The van der Waals surface area contributed by atoms with E-state index in [1.54, 1.807) is 0 Å². The molecular formula is C35H60O4. The van der Waals surface area contributed by atoms with Crippen molar-refractivity contribution in [3.05, 3.63) is 0 Å². The molecule has 2 saturated heterocycles. The summed E-state index contributed by atoms with van der Waals surface area (Å²) < 4.78 is 26.7. The Morgan fingerprint density at radius 3 is 0.923 bits per heavy atom. The van der Waals surface area contributed by atoms with E-state index in [0.717, 1.165) is 63.9 Å². The molecule has 0 amide bonds. The van der Waals surface area contributed by atoms with Crippen LogP contribution in [0.1, 0.15) is 144 Å². The van der Waals surface area contributed by atoms with Gasteiger partial charge in [0, 0.05) is 36.5 Å². The van der Waals surface area contributed by atoms with E-state index in [1.807, 2.05) is 0 Å². The molecule has 4 saturated carbocycles. The van der Waals surface area contributed by atoms with Crippen molar-refractivity contribution in [2.45, 2.75) is 156 Å². The lowest BCUT2D eigenvalue weighted by molar-refractivity contribution is -0.339. The highest BCUT2D eigenvalue weighted by Crippen LogP contribution is 2.58. The Balaban J connectivity index is 0.956. The average Bonchev–Trinajstić information content (AvgIpc) is 2.91. The zero-order valence-electron chi connectivity index (χ0n) is 26.4. The Morgan fingerprint density at radius 1 is 0.385 bits per heavy atom. The highest BCUT2D eigenvalue weighted by molar-refractivity contribution is 5.00. The summed E-state index contributed by atoms with van der Waals surface area (Å²) in [4.78, 5) is 0. The third kappa shape index (κ3) is 5.76. The standard InChI is InChI=1S/C35H60O4/c1-29(2,3)27-7-11-32(12-8-27)23-36-34(37-24-32)19-15-31(16-20-34)17-21-35(22-18-31)38-25-33(26-39-35)13-9-28(10-14-33)30(4,5)6/h27-28H,7-26H2,1-6H3. The summed E-state index contributed by atoms with van der Waals surface area (Å²) in [6.45, 7) is 18.1. The molecule has 0 aromatic carbocycles. The van der Waals surface area contributed by atoms with Crippen molar-refractivity contribution in [3.63, 3.8) is 0 Å². The van der Waals surface area contributed by atoms with Gasteiger partial charge >= 0.3 is 0 Å². The lowest BCUT2D eigenvalue weighted by atomic mass is 9.61. The Morgan fingerprint density at radius 2 is 0.667 bits per heavy atom. The zero-order chi connectivity index (χ0) is 27.6. The molecular weight excluding hydrogens is 484 g/mol. The first-order chi connectivity index (χ1) is 18.3. The van der Waals surface area contributed by atoms with Crippen LogP contribution in [0.15, 0.2) is 0 Å². The molecule has 6 fully saturated rings. The van der Waals surface area contributed by atoms with Gasteiger partial charge in [-0.15, -0.1) is 0 Å². The van der Waals surface area contributed by atoms with Gasteiger partial charge in [0.25, 0.3) is 0 Å². The van der Waals surface area contributed by atoms with Crippen molar-refractivity contribution in [1.29, 1.82) is 0 Å². The second-order valence-electron chi connectivity index (χ2n) is 17.8. The monoisotopic (exact) mass is 544 g/mol. The minimum atomic E-state index is -0.303. The van der Waals surface area contributed by atoms with Crippen molar-refractivity contribution >= 4 is 0 Å². The van der Waals surface area contributed by atoms with E-state index in [9.17, 15) is 0 Å². The molecule has 39 heavy (non-hydrogen) atoms. The predicted octanol–water partition coefficient (Wildman–Crippen LogP) is 9.05. The normalized spacial score (nSPS) is 47.8. The molecule has 2 aliphatic heterocycles. The van der Waals surface area contributed by atoms with Crippen LogP contribution in [0.4, 0.5) is 0 Å². The van der Waals surface area contributed by atoms with Gasteiger partial charge in [0.1, 0.15) is 0 Å². The quantitative estimate of drug-likeness (QED) is 0.305. The van der Waals surface area contributed by atoms with Crippen LogP contribution in [0, 0.1) is 38.9 Å². The maximum atomic E-state index is 6.68. The smallest absolute Gasteiger partial charge is 0.168 e. The SMILES string of the molecule is CC(C)(C)C1CCC2(CC1)COC1(CCC3(CC1)CCC1(CC3)OCC3(CCC(C(C)(C)C)CC3)CO1)OC2. The van der Waals surface area contributed by atoms with Crippen LogP contribution in [0.3, 0.4) is 0 Å². The first kappa shape index (κ1) is 28.9. The lowest BCUT2D eigenvalue weighted by Crippen LogP contribution is -2.56. The lowest BCUT2D eigenvalue weighted by Gasteiger charge is -2.56. The fraction of sp³-hybridized carbons (Fsp3) is 1.00. The van der Waals surface area contributed by atoms with Crippen molar-refractivity contribution in [3.8, 4) is 0 Å². The first-order valence-corrected chi connectivity index (χ1v) is 16.8. The van der Waals surface area contributed by atoms with Gasteiger partial charge in [0.2, 0.25) is 0 Å². The van der Waals surface area contributed by atoms with E-state index in [0.29, 0.717) is 16.2 Å². The van der Waals surface area contributed by atoms with Crippen LogP contribution in [0.5, 0.6) is 0 Å². The summed E-state index contributed by atoms with van der Waals surface area (Å²) in [5.74, 6) is 1.08. The highest BCUT2D eigenvalue weighted by Gasteiger charge is 2.55. The van der Waals surface area contributed by atoms with Crippen molar-refractivity contribution in [2.24, 2.45) is 38.9 Å². The first-order valence-electron chi connectivity index (χ1n) is 16.8. The van der Waals surface area contributed by atoms with Gasteiger partial charge in [-0.05, 0) is 105 Å². The van der Waals surface area contributed by atoms with E-state index < -0.39 is 0 Å². The molecule has 0 bridgehead atoms. The molecule has 4 aliphatic carbocycles. The molecule has 0 N–H and O–H groups in total. The van der Waals surface area contributed by atoms with Gasteiger partial charge in [0.05, 0.1) is 26.4 Å². The maximum Gasteiger partial charge on any atom is 0.168 e. The third-order valence-corrected chi connectivity index (χ3v) is 13.3. The van der Waals surface area contributed by atoms with Gasteiger partial charge in [-0.1, -0.05) is 41.5 Å². The van der Waals surface area contributed by atoms with Gasteiger partial charge in [-0.25, -0.2) is 0 Å². The van der Waals surface area contributed by atoms with Crippen LogP contribution in [0.25, 0.3) is 0 Å². The highest BCUT2D eigenvalue weighted by atomic mass is 16.7. The number of hydrogen-bond acceptors (Lipinski definition) is 4. The van der Waals surface area contributed by atoms with Crippen LogP contribution >= 0.6 is 0 Å². The summed E-state index contributed by atoms with van der Waals surface area (Å²) in [7, 11) is 0. The van der Waals surface area contributed by atoms with E-state index in [1.165, 1.54) is 77.0 Å². The van der Waals surface area contributed by atoms with Crippen molar-refractivity contribution < 1.29 is 18.9 Å². The van der Waals surface area contributed by atoms with Gasteiger partial charge in [-0.3, -0.25) is 0 Å². The minimum absolute atomic E-state index is 0.276. The topological polar surface area (TPSA) is 36.9 Å². The van der Waals surface area contributed by atoms with Crippen LogP contribution in [0.2, 0.25) is 0 Å². The van der Waals surface area contributed by atoms with Crippen LogP contribution in [-0.2, 0) is 18.9 Å². The van der Waals surface area contributed by atoms with Gasteiger partial charge in [0.15, 0.2) is 11.6 Å². The molecule has 4 heteroatoms. The van der Waals surface area contributed by atoms with Crippen molar-refractivity contribution in [1.82, 2.24) is 0 Å². The predicted molar refractivity (Wildman–Crippen MR) is 156 cm³/mol. The summed E-state index contributed by atoms with van der Waals surface area (Å²) in [6, 6.07) is 0. The second-order valence-corrected chi connectivity index (χ2v) is 17.8. The third-order valence-electron chi connectivity index (χ3n) is 13.3. The average molecular weight is 545 g/mol. The van der Waals surface area contributed by atoms with E-state index in [4.69, 9.17) is 18.9 Å². The molecule has 0 aromatic heterocycles. The van der Waals surface area contributed by atoms with Gasteiger partial charge in [-0.2, -0.15) is 0 Å². The van der Waals surface area contributed by atoms with E-state index in [2.05, 4.69) is 41.5 Å². The Labute approximate surface area is 240 Å². The Bertz CT molecular complexity index is 747. The van der Waals surface area contributed by atoms with Crippen molar-refractivity contribution in [2.75, 3.05) is 26.4 Å². The minimum Gasteiger partial charge on any atom is -0.349 e. The number of ether oxygens (including phenoxy) is 4. The van der Waals surface area contributed by atoms with Gasteiger partial charge < -0.3 is 18.9 Å². The summed E-state index contributed by atoms with van der Waals surface area (Å²) >= 11 is 0. The zero-order valence-corrected chi connectivity index (χ0v) is 26.4. The Hall–Kier alpha value is -0.160. The largest absolute Gasteiger partial charge is 0.349 e. The summed E-state index contributed by atoms with van der Waals surface area (Å²) in [5.41, 5.74) is 1.85. The number of hydrogen-bond donors (Lipinski definition) is 0. The summed E-state index contributed by atoms with van der Waals surface area (Å²) in [6.07, 6.45) is 19.6. The molecule has 4 nitrogen and oxygen atoms in total. The molecule has 0 unspecified atom stereocenters. The van der Waals surface area contributed by atoms with Crippen LogP contribution < -0.4 is 0 Å². The molecule has 0 atom stereocenters. The second kappa shape index (κ2) is 9.95. The summed E-state index contributed by atoms with van der Waals surface area (Å²) in [5, 5.41) is 0. The molecule has 224 valence electrons. The molecule has 0 radical (unpaired) electrons. The Kier molecular flexibility index (Phi) is 7.38. The maximum absolute atomic E-state index is 6.68. The molecule has 5 spiro atoms. The van der Waals surface area contributed by atoms with E-state index >= 15 is 0 Å². The fourth-order valence-electron chi connectivity index (χ4n) is 9.47. The fourth-order valence-corrected chi connectivity index (χ4v) is 9.47. The van der Waals surface area contributed by atoms with Crippen LogP contribution in [-0.4, -0.2) is 38.0 Å². The molecule has 6 rings (SSSR count).